The zero-order chi connectivity index (χ0) is 11.7. The first kappa shape index (κ1) is 14.2. The lowest BCUT2D eigenvalue weighted by Gasteiger charge is -2.06. The summed E-state index contributed by atoms with van der Waals surface area (Å²) in [4.78, 5) is 4.20. The maximum Gasteiger partial charge on any atom is 0.198 e. The molecule has 0 spiro atoms. The van der Waals surface area contributed by atoms with Crippen molar-refractivity contribution in [1.82, 2.24) is 14.9 Å². The number of aliphatic imine (C=N–C) groups is 1. The molecule has 1 aliphatic rings. The van der Waals surface area contributed by atoms with Gasteiger partial charge in [0.1, 0.15) is 0 Å². The van der Waals surface area contributed by atoms with E-state index in [1.54, 1.807) is 0 Å². The van der Waals surface area contributed by atoms with E-state index in [9.17, 15) is 0 Å². The molecular weight excluding hydrogens is 209 g/mol. The fourth-order valence-corrected chi connectivity index (χ4v) is 1.60. The molecule has 2 heterocycles. The molecule has 5 nitrogen and oxygen atoms in total. The number of nitrogens with zero attached hydrogens (tertiary/aromatic N) is 3. The topological polar surface area (TPSA) is 68.2 Å². The normalized spacial score (nSPS) is 19.1. The van der Waals surface area contributed by atoms with Crippen LogP contribution in [0.2, 0.25) is 0 Å². The maximum atomic E-state index is 4.50. The summed E-state index contributed by atoms with van der Waals surface area (Å²) in [5.41, 5.74) is 5.66. The quantitative estimate of drug-likeness (QED) is 0.716. The first-order chi connectivity index (χ1) is 7.36. The van der Waals surface area contributed by atoms with Gasteiger partial charge in [0.05, 0.1) is 6.20 Å². The van der Waals surface area contributed by atoms with Gasteiger partial charge in [-0.3, -0.25) is 5.09 Å². The molecule has 0 saturated carbocycles. The Balaban J connectivity index is 0.000000442. The van der Waals surface area contributed by atoms with Crippen LogP contribution >= 0.6 is 8.73 Å². The Bertz CT molecular complexity index is 284. The molecule has 86 valence electrons. The highest BCUT2D eigenvalue weighted by atomic mass is 31.1. The van der Waals surface area contributed by atoms with Gasteiger partial charge in [-0.2, -0.15) is 5.10 Å². The molecule has 1 aromatic rings. The molecule has 2 rings (SSSR count). The van der Waals surface area contributed by atoms with Crippen LogP contribution in [0.1, 0.15) is 25.7 Å². The fraction of sp³-hybridized carbons (Fsp3) is 0.556. The lowest BCUT2D eigenvalue weighted by molar-refractivity contribution is 0.467. The molecule has 0 aliphatic carbocycles. The van der Waals surface area contributed by atoms with E-state index >= 15 is 0 Å². The van der Waals surface area contributed by atoms with Gasteiger partial charge in [-0.05, 0) is 28.3 Å². The Labute approximate surface area is 93.0 Å². The van der Waals surface area contributed by atoms with Gasteiger partial charge < -0.3 is 5.73 Å². The Morgan fingerprint density at radius 1 is 1.47 bits per heavy atom. The summed E-state index contributed by atoms with van der Waals surface area (Å²) in [5, 5.41) is 7.33. The van der Waals surface area contributed by atoms with E-state index in [0.29, 0.717) is 8.73 Å². The third-order valence-corrected chi connectivity index (χ3v) is 2.18. The predicted octanol–water partition coefficient (Wildman–Crippen LogP) is 1.47. The van der Waals surface area contributed by atoms with Crippen LogP contribution in [-0.2, 0) is 0 Å². The van der Waals surface area contributed by atoms with Crippen LogP contribution in [0.15, 0.2) is 17.4 Å². The van der Waals surface area contributed by atoms with Crippen LogP contribution in [0.3, 0.4) is 0 Å². The molecule has 6 heteroatoms. The number of nitrogens with one attached hydrogen (secondary N) is 1. The van der Waals surface area contributed by atoms with Gasteiger partial charge in [0.2, 0.25) is 0 Å². The van der Waals surface area contributed by atoms with Crippen molar-refractivity contribution in [3.8, 4) is 0 Å². The van der Waals surface area contributed by atoms with Crippen molar-refractivity contribution in [1.29, 1.82) is 0 Å². The van der Waals surface area contributed by atoms with Gasteiger partial charge in [0, 0.05) is 12.2 Å². The number of aromatic nitrogens is 2. The molecule has 1 aliphatic heterocycles. The molecule has 0 radical (unpaired) electrons. The summed E-state index contributed by atoms with van der Waals surface area (Å²) in [6, 6.07) is 0. The Morgan fingerprint density at radius 2 is 2.13 bits per heavy atom. The standard InChI is InChI=1S/C6H9N4P.C2H6.CH5N/c1-5-2-8-10(3-5)6-7-4-11-9-6;2*1-2/h2-4,6,9,11H,1H3;1-2H3;2H2,1H3. The minimum atomic E-state index is 0.0297. The largest absolute Gasteiger partial charge is 0.333 e. The average Bonchev–Trinajstić information content (AvgIpc) is 2.94. The number of hydrogen-bond donors (Lipinski definition) is 2. The third kappa shape index (κ3) is 4.51. The van der Waals surface area contributed by atoms with Crippen molar-refractivity contribution in [3.05, 3.63) is 18.0 Å². The van der Waals surface area contributed by atoms with E-state index in [-0.39, 0.29) is 6.29 Å². The van der Waals surface area contributed by atoms with Crippen molar-refractivity contribution in [2.45, 2.75) is 27.1 Å². The highest BCUT2D eigenvalue weighted by Gasteiger charge is 2.10. The maximum absolute atomic E-state index is 4.50. The lowest BCUT2D eigenvalue weighted by atomic mass is 10.4. The number of aryl methyl sites for hydroxylation is 1. The summed E-state index contributed by atoms with van der Waals surface area (Å²) >= 11 is 0. The second kappa shape index (κ2) is 8.53. The SMILES string of the molecule is CC.CN.Cc1cnn(C2N=CPN2)c1. The second-order valence-corrected chi connectivity index (χ2v) is 3.27. The number of rotatable bonds is 1. The van der Waals surface area contributed by atoms with E-state index in [1.807, 2.05) is 43.8 Å². The highest BCUT2D eigenvalue weighted by Crippen LogP contribution is 2.17. The zero-order valence-corrected chi connectivity index (χ0v) is 10.7. The molecule has 3 N–H and O–H groups in total. The van der Waals surface area contributed by atoms with Crippen molar-refractivity contribution >= 4 is 14.7 Å². The Morgan fingerprint density at radius 3 is 2.53 bits per heavy atom. The van der Waals surface area contributed by atoms with Gasteiger partial charge in [0.15, 0.2) is 6.29 Å². The number of hydrogen-bond acceptors (Lipinski definition) is 4. The molecule has 0 bridgehead atoms. The Hall–Kier alpha value is -0.770. The minimum absolute atomic E-state index is 0.0297. The fourth-order valence-electron chi connectivity index (χ4n) is 0.958. The van der Waals surface area contributed by atoms with Crippen molar-refractivity contribution in [3.63, 3.8) is 0 Å². The van der Waals surface area contributed by atoms with E-state index in [2.05, 4.69) is 20.9 Å². The smallest absolute Gasteiger partial charge is 0.198 e. The summed E-state index contributed by atoms with van der Waals surface area (Å²) in [5.74, 6) is 1.89. The monoisotopic (exact) mass is 229 g/mol. The molecule has 1 aromatic heterocycles. The average molecular weight is 229 g/mol. The molecule has 0 aromatic carbocycles. The van der Waals surface area contributed by atoms with Gasteiger partial charge >= 0.3 is 0 Å². The molecule has 2 unspecified atom stereocenters. The lowest BCUT2D eigenvalue weighted by Crippen LogP contribution is -2.14. The summed E-state index contributed by atoms with van der Waals surface area (Å²) < 4.78 is 1.83. The Kier molecular flexibility index (Phi) is 8.09. The second-order valence-electron chi connectivity index (χ2n) is 2.44. The molecular formula is C9H20N5P. The van der Waals surface area contributed by atoms with Gasteiger partial charge in [-0.15, -0.1) is 0 Å². The zero-order valence-electron chi connectivity index (χ0n) is 9.73. The van der Waals surface area contributed by atoms with Crippen molar-refractivity contribution < 1.29 is 0 Å². The summed E-state index contributed by atoms with van der Waals surface area (Å²) in [7, 11) is 2.12. The predicted molar refractivity (Wildman–Crippen MR) is 67.4 cm³/mol. The van der Waals surface area contributed by atoms with Crippen LogP contribution in [0.4, 0.5) is 0 Å². The van der Waals surface area contributed by atoms with Crippen LogP contribution in [0, 0.1) is 6.92 Å². The molecule has 0 saturated heterocycles. The van der Waals surface area contributed by atoms with Crippen LogP contribution < -0.4 is 10.8 Å². The van der Waals surface area contributed by atoms with Crippen LogP contribution in [0.25, 0.3) is 0 Å². The van der Waals surface area contributed by atoms with E-state index in [4.69, 9.17) is 0 Å². The highest BCUT2D eigenvalue weighted by molar-refractivity contribution is 7.53. The van der Waals surface area contributed by atoms with Crippen molar-refractivity contribution in [2.75, 3.05) is 7.05 Å². The molecule has 2 atom stereocenters. The first-order valence-electron chi connectivity index (χ1n) is 4.97. The van der Waals surface area contributed by atoms with Gasteiger partial charge in [-0.1, -0.05) is 13.8 Å². The summed E-state index contributed by atoms with van der Waals surface area (Å²) in [6.07, 6.45) is 3.84. The van der Waals surface area contributed by atoms with Crippen LogP contribution in [0.5, 0.6) is 0 Å². The first-order valence-corrected chi connectivity index (χ1v) is 6.05. The minimum Gasteiger partial charge on any atom is -0.333 e. The molecule has 0 fully saturated rings. The number of nitrogens with two attached hydrogens (primary N) is 1. The van der Waals surface area contributed by atoms with E-state index in [0.717, 1.165) is 5.56 Å². The molecule has 0 amide bonds. The van der Waals surface area contributed by atoms with Gasteiger partial charge in [0.25, 0.3) is 0 Å². The van der Waals surface area contributed by atoms with E-state index < -0.39 is 0 Å². The summed E-state index contributed by atoms with van der Waals surface area (Å²) in [6.45, 7) is 6.02. The molecule has 15 heavy (non-hydrogen) atoms. The third-order valence-electron chi connectivity index (χ3n) is 1.47. The van der Waals surface area contributed by atoms with Crippen LogP contribution in [-0.4, -0.2) is 22.8 Å². The van der Waals surface area contributed by atoms with Crippen molar-refractivity contribution in [2.24, 2.45) is 10.7 Å². The van der Waals surface area contributed by atoms with Gasteiger partial charge in [-0.25, -0.2) is 9.67 Å². The van der Waals surface area contributed by atoms with E-state index in [1.165, 1.54) is 7.05 Å².